The van der Waals surface area contributed by atoms with Gasteiger partial charge < -0.3 is 0 Å². The molecule has 0 radical (unpaired) electrons. The normalized spacial score (nSPS) is 15.6. The van der Waals surface area contributed by atoms with E-state index < -0.39 is 5.67 Å². The van der Waals surface area contributed by atoms with Crippen LogP contribution >= 0.6 is 0 Å². The topological polar surface area (TPSA) is 0 Å². The van der Waals surface area contributed by atoms with Gasteiger partial charge in [-0.3, -0.25) is 0 Å². The van der Waals surface area contributed by atoms with Gasteiger partial charge in [0.05, 0.1) is 0 Å². The second-order valence-electron chi connectivity index (χ2n) is 4.61. The monoisotopic (exact) mass is 200 g/mol. The zero-order chi connectivity index (χ0) is 11.2. The van der Waals surface area contributed by atoms with Gasteiger partial charge in [0, 0.05) is 0 Å². The van der Waals surface area contributed by atoms with Gasteiger partial charge in [0.1, 0.15) is 5.67 Å². The average molecular weight is 200 g/mol. The van der Waals surface area contributed by atoms with E-state index in [2.05, 4.69) is 13.5 Å². The Bertz CT molecular complexity index is 172. The molecule has 0 aromatic carbocycles. The molecule has 1 atom stereocenters. The molecule has 0 aromatic rings. The van der Waals surface area contributed by atoms with Gasteiger partial charge >= 0.3 is 0 Å². The van der Waals surface area contributed by atoms with Crippen LogP contribution in [0.3, 0.4) is 0 Å². The quantitative estimate of drug-likeness (QED) is 0.405. The molecule has 0 heterocycles. The van der Waals surface area contributed by atoms with Crippen LogP contribution in [-0.2, 0) is 0 Å². The van der Waals surface area contributed by atoms with Crippen molar-refractivity contribution in [1.29, 1.82) is 0 Å². The van der Waals surface area contributed by atoms with Crippen LogP contribution in [0, 0.1) is 5.92 Å². The van der Waals surface area contributed by atoms with Crippen LogP contribution in [0.2, 0.25) is 0 Å². The van der Waals surface area contributed by atoms with Crippen molar-refractivity contribution in [3.05, 3.63) is 12.2 Å². The van der Waals surface area contributed by atoms with Gasteiger partial charge in [0.25, 0.3) is 0 Å². The summed E-state index contributed by atoms with van der Waals surface area (Å²) in [5.74, 6) is 0.0432. The molecule has 84 valence electrons. The Balaban J connectivity index is 4.05. The number of hydrogen-bond donors (Lipinski definition) is 0. The molecule has 0 amide bonds. The molecule has 14 heavy (non-hydrogen) atoms. The summed E-state index contributed by atoms with van der Waals surface area (Å²) in [5.41, 5.74) is -0.461. The number of halogens is 1. The van der Waals surface area contributed by atoms with Gasteiger partial charge in [0.2, 0.25) is 0 Å². The molecular formula is C13H25F. The molecule has 0 aliphatic heterocycles. The first-order valence-corrected chi connectivity index (χ1v) is 5.80. The highest BCUT2D eigenvalue weighted by Gasteiger charge is 2.33. The highest BCUT2D eigenvalue weighted by atomic mass is 19.1. The summed E-state index contributed by atoms with van der Waals surface area (Å²) in [6.45, 7) is 11.6. The van der Waals surface area contributed by atoms with E-state index in [-0.39, 0.29) is 5.92 Å². The molecule has 0 rings (SSSR count). The maximum atomic E-state index is 14.4. The molecule has 0 fully saturated rings. The molecule has 0 aliphatic rings. The number of hydrogen-bond acceptors (Lipinski definition) is 0. The Morgan fingerprint density at radius 3 is 2.21 bits per heavy atom. The summed E-state index contributed by atoms with van der Waals surface area (Å²) < 4.78 is 14.4. The van der Waals surface area contributed by atoms with Crippen LogP contribution in [-0.4, -0.2) is 5.67 Å². The van der Waals surface area contributed by atoms with Crippen LogP contribution in [0.15, 0.2) is 12.2 Å². The second-order valence-corrected chi connectivity index (χ2v) is 4.61. The minimum absolute atomic E-state index is 0.0432. The van der Waals surface area contributed by atoms with Crippen molar-refractivity contribution in [2.75, 3.05) is 0 Å². The molecule has 0 spiro atoms. The van der Waals surface area contributed by atoms with E-state index in [1.807, 2.05) is 13.8 Å². The van der Waals surface area contributed by atoms with Gasteiger partial charge in [-0.15, -0.1) is 0 Å². The minimum atomic E-state index is -1.15. The van der Waals surface area contributed by atoms with Crippen LogP contribution in [0.1, 0.15) is 59.8 Å². The summed E-state index contributed by atoms with van der Waals surface area (Å²) in [4.78, 5) is 0. The molecule has 0 bridgehead atoms. The third kappa shape index (κ3) is 3.81. The molecule has 0 saturated carbocycles. The zero-order valence-electron chi connectivity index (χ0n) is 10.2. The van der Waals surface area contributed by atoms with Crippen molar-refractivity contribution in [2.45, 2.75) is 65.5 Å². The number of rotatable bonds is 7. The lowest BCUT2D eigenvalue weighted by atomic mass is 9.82. The third-order valence-electron chi connectivity index (χ3n) is 3.02. The largest absolute Gasteiger partial charge is 0.239 e. The zero-order valence-corrected chi connectivity index (χ0v) is 10.2. The van der Waals surface area contributed by atoms with Gasteiger partial charge in [-0.1, -0.05) is 46.6 Å². The fourth-order valence-corrected chi connectivity index (χ4v) is 1.80. The van der Waals surface area contributed by atoms with Crippen molar-refractivity contribution >= 4 is 0 Å². The highest BCUT2D eigenvalue weighted by molar-refractivity contribution is 5.11. The van der Waals surface area contributed by atoms with Gasteiger partial charge in [-0.2, -0.15) is 0 Å². The van der Waals surface area contributed by atoms with E-state index >= 15 is 0 Å². The highest BCUT2D eigenvalue weighted by Crippen LogP contribution is 2.34. The number of allylic oxidation sites excluding steroid dienone is 1. The summed E-state index contributed by atoms with van der Waals surface area (Å²) >= 11 is 0. The Morgan fingerprint density at radius 1 is 1.29 bits per heavy atom. The first-order valence-electron chi connectivity index (χ1n) is 5.80. The van der Waals surface area contributed by atoms with Crippen molar-refractivity contribution in [3.63, 3.8) is 0 Å². The van der Waals surface area contributed by atoms with Crippen molar-refractivity contribution in [2.24, 2.45) is 5.92 Å². The summed E-state index contributed by atoms with van der Waals surface area (Å²) in [7, 11) is 0. The summed E-state index contributed by atoms with van der Waals surface area (Å²) in [6.07, 6.45) is 5.18. The minimum Gasteiger partial charge on any atom is -0.239 e. The van der Waals surface area contributed by atoms with Gasteiger partial charge in [0.15, 0.2) is 0 Å². The SMILES string of the molecule is C=C(C)C(F)(CCCCCC)C(C)C. The van der Waals surface area contributed by atoms with Crippen LogP contribution in [0.25, 0.3) is 0 Å². The number of unbranched alkanes of at least 4 members (excludes halogenated alkanes) is 3. The molecule has 0 aromatic heterocycles. The van der Waals surface area contributed by atoms with Crippen LogP contribution < -0.4 is 0 Å². The van der Waals surface area contributed by atoms with E-state index in [4.69, 9.17) is 0 Å². The first kappa shape index (κ1) is 13.7. The van der Waals surface area contributed by atoms with Crippen LogP contribution in [0.4, 0.5) is 4.39 Å². The van der Waals surface area contributed by atoms with Crippen molar-refractivity contribution in [3.8, 4) is 0 Å². The van der Waals surface area contributed by atoms with E-state index in [9.17, 15) is 4.39 Å². The lowest BCUT2D eigenvalue weighted by Crippen LogP contribution is -2.30. The first-order chi connectivity index (χ1) is 6.45. The molecule has 1 unspecified atom stereocenters. The molecule has 0 aliphatic carbocycles. The smallest absolute Gasteiger partial charge is 0.133 e. The number of alkyl halides is 1. The maximum absolute atomic E-state index is 14.4. The Labute approximate surface area is 88.6 Å². The van der Waals surface area contributed by atoms with E-state index in [1.165, 1.54) is 12.8 Å². The average Bonchev–Trinajstić information content (AvgIpc) is 2.11. The standard InChI is InChI=1S/C13H25F/c1-6-7-8-9-10-13(14,11(2)3)12(4)5/h12H,2,6-10H2,1,3-5H3. The third-order valence-corrected chi connectivity index (χ3v) is 3.02. The lowest BCUT2D eigenvalue weighted by molar-refractivity contribution is 0.128. The van der Waals surface area contributed by atoms with E-state index in [0.29, 0.717) is 12.0 Å². The maximum Gasteiger partial charge on any atom is 0.133 e. The Hall–Kier alpha value is -0.330. The fourth-order valence-electron chi connectivity index (χ4n) is 1.80. The lowest BCUT2D eigenvalue weighted by Gasteiger charge is -2.30. The Kier molecular flexibility index (Phi) is 6.06. The Morgan fingerprint density at radius 2 is 1.86 bits per heavy atom. The second kappa shape index (κ2) is 6.21. The molecular weight excluding hydrogens is 175 g/mol. The predicted octanol–water partition coefficient (Wildman–Crippen LogP) is 4.90. The fraction of sp³-hybridized carbons (Fsp3) is 0.846. The van der Waals surface area contributed by atoms with E-state index in [0.717, 1.165) is 12.8 Å². The molecule has 0 N–H and O–H groups in total. The van der Waals surface area contributed by atoms with Crippen LogP contribution in [0.5, 0.6) is 0 Å². The summed E-state index contributed by atoms with van der Waals surface area (Å²) in [6, 6.07) is 0. The summed E-state index contributed by atoms with van der Waals surface area (Å²) in [5, 5.41) is 0. The van der Waals surface area contributed by atoms with Crippen molar-refractivity contribution in [1.82, 2.24) is 0 Å². The predicted molar refractivity (Wildman–Crippen MR) is 62.3 cm³/mol. The van der Waals surface area contributed by atoms with E-state index in [1.54, 1.807) is 6.92 Å². The molecule has 0 nitrogen and oxygen atoms in total. The molecule has 0 saturated heterocycles. The molecule has 1 heteroatoms. The van der Waals surface area contributed by atoms with Gasteiger partial charge in [-0.25, -0.2) is 4.39 Å². The van der Waals surface area contributed by atoms with Gasteiger partial charge in [-0.05, 0) is 31.3 Å². The van der Waals surface area contributed by atoms with Crippen molar-refractivity contribution < 1.29 is 4.39 Å².